The van der Waals surface area contributed by atoms with Gasteiger partial charge in [-0.15, -0.1) is 0 Å². The van der Waals surface area contributed by atoms with Crippen LogP contribution in [-0.2, 0) is 0 Å². The van der Waals surface area contributed by atoms with Crippen molar-refractivity contribution in [2.45, 2.75) is 25.0 Å². The van der Waals surface area contributed by atoms with Crippen LogP contribution in [0.3, 0.4) is 0 Å². The molecule has 1 saturated carbocycles. The zero-order valence-corrected chi connectivity index (χ0v) is 13.9. The summed E-state index contributed by atoms with van der Waals surface area (Å²) in [5.74, 6) is -2.19. The minimum absolute atomic E-state index is 0.0457. The summed E-state index contributed by atoms with van der Waals surface area (Å²) in [4.78, 5) is 29.7. The van der Waals surface area contributed by atoms with Crippen molar-refractivity contribution in [3.63, 3.8) is 0 Å². The number of aliphatic hydroxyl groups is 1. The summed E-state index contributed by atoms with van der Waals surface area (Å²) in [5.41, 5.74) is 4.76. The Bertz CT molecular complexity index is 956. The maximum Gasteiger partial charge on any atom is 0.341 e. The van der Waals surface area contributed by atoms with Crippen molar-refractivity contribution in [2.75, 3.05) is 24.5 Å². The summed E-state index contributed by atoms with van der Waals surface area (Å²) >= 11 is 0. The van der Waals surface area contributed by atoms with Gasteiger partial charge in [-0.05, 0) is 25.5 Å². The number of hydrogen-bond donors (Lipinski definition) is 3. The standard InChI is InChI=1S/C17H19FN4O4/c18-12-3-10-14(24)11(17(25)26)6-22(9-1-2-9)15(10)20-16(12)21-5-8(4-19)13(23)7-21/h3,6,8-9,13,23H,1-2,4-5,7,19H2,(H,25,26). The van der Waals surface area contributed by atoms with E-state index < -0.39 is 28.9 Å². The lowest BCUT2D eigenvalue weighted by atomic mass is 10.1. The molecule has 1 aliphatic carbocycles. The summed E-state index contributed by atoms with van der Waals surface area (Å²) in [6.07, 6.45) is 2.32. The third kappa shape index (κ3) is 2.63. The highest BCUT2D eigenvalue weighted by Gasteiger charge is 2.34. The predicted octanol–water partition coefficient (Wildman–Crippen LogP) is 0.324. The molecule has 1 aliphatic heterocycles. The number of β-amino-alcohol motifs (C(OH)–C–C–N with tert-alkyl or cyclic N) is 1. The molecule has 0 bridgehead atoms. The topological polar surface area (TPSA) is 122 Å². The first-order chi connectivity index (χ1) is 12.4. The number of carboxylic acids is 1. The van der Waals surface area contributed by atoms with Crippen LogP contribution in [0.4, 0.5) is 10.2 Å². The monoisotopic (exact) mass is 362 g/mol. The first-order valence-corrected chi connectivity index (χ1v) is 8.52. The molecule has 26 heavy (non-hydrogen) atoms. The van der Waals surface area contributed by atoms with Gasteiger partial charge in [0.25, 0.3) is 0 Å². The van der Waals surface area contributed by atoms with Gasteiger partial charge in [0.15, 0.2) is 11.6 Å². The molecular formula is C17H19FN4O4. The zero-order chi connectivity index (χ0) is 18.6. The van der Waals surface area contributed by atoms with Gasteiger partial charge in [0.1, 0.15) is 11.2 Å². The van der Waals surface area contributed by atoms with Crippen molar-refractivity contribution in [3.05, 3.63) is 33.9 Å². The normalized spacial score (nSPS) is 23.0. The quantitative estimate of drug-likeness (QED) is 0.716. The number of aromatic nitrogens is 2. The van der Waals surface area contributed by atoms with Gasteiger partial charge in [-0.3, -0.25) is 4.79 Å². The molecule has 4 N–H and O–H groups in total. The summed E-state index contributed by atoms with van der Waals surface area (Å²) < 4.78 is 16.3. The number of nitrogens with zero attached hydrogens (tertiary/aromatic N) is 3. The Balaban J connectivity index is 1.89. The number of nitrogens with two attached hydrogens (primary N) is 1. The Morgan fingerprint density at radius 3 is 2.69 bits per heavy atom. The van der Waals surface area contributed by atoms with Crippen molar-refractivity contribution in [2.24, 2.45) is 11.7 Å². The first kappa shape index (κ1) is 16.9. The number of carboxylic acid groups (broad SMARTS) is 1. The number of anilines is 1. The summed E-state index contributed by atoms with van der Waals surface area (Å²) in [7, 11) is 0. The van der Waals surface area contributed by atoms with E-state index >= 15 is 0 Å². The average molecular weight is 362 g/mol. The van der Waals surface area contributed by atoms with Crippen molar-refractivity contribution in [1.82, 2.24) is 9.55 Å². The van der Waals surface area contributed by atoms with Gasteiger partial charge in [0.05, 0.1) is 11.5 Å². The highest BCUT2D eigenvalue weighted by Crippen LogP contribution is 2.37. The van der Waals surface area contributed by atoms with Crippen LogP contribution >= 0.6 is 0 Å². The Kier molecular flexibility index (Phi) is 3.92. The van der Waals surface area contributed by atoms with E-state index in [1.807, 2.05) is 0 Å². The lowest BCUT2D eigenvalue weighted by molar-refractivity contribution is 0.0694. The molecule has 2 fully saturated rings. The smallest absolute Gasteiger partial charge is 0.341 e. The molecule has 0 spiro atoms. The Hall–Kier alpha value is -2.52. The molecule has 2 aromatic rings. The maximum atomic E-state index is 14.7. The third-order valence-corrected chi connectivity index (χ3v) is 5.12. The molecule has 1 saturated heterocycles. The van der Waals surface area contributed by atoms with Crippen LogP contribution in [0.25, 0.3) is 11.0 Å². The van der Waals surface area contributed by atoms with E-state index in [0.717, 1.165) is 18.9 Å². The van der Waals surface area contributed by atoms with Crippen molar-refractivity contribution in [1.29, 1.82) is 0 Å². The summed E-state index contributed by atoms with van der Waals surface area (Å²) in [5, 5.41) is 19.2. The Labute approximate surface area is 147 Å². The van der Waals surface area contributed by atoms with Gasteiger partial charge in [-0.2, -0.15) is 0 Å². The highest BCUT2D eigenvalue weighted by atomic mass is 19.1. The number of aromatic carboxylic acids is 1. The van der Waals surface area contributed by atoms with Crippen LogP contribution in [0.2, 0.25) is 0 Å². The van der Waals surface area contributed by atoms with E-state index in [1.54, 1.807) is 9.47 Å². The largest absolute Gasteiger partial charge is 0.477 e. The van der Waals surface area contributed by atoms with E-state index in [-0.39, 0.29) is 41.9 Å². The minimum atomic E-state index is -1.34. The number of pyridine rings is 2. The number of fused-ring (bicyclic) bond motifs is 1. The minimum Gasteiger partial charge on any atom is -0.477 e. The summed E-state index contributed by atoms with van der Waals surface area (Å²) in [6, 6.07) is 1.11. The Morgan fingerprint density at radius 2 is 2.12 bits per heavy atom. The Morgan fingerprint density at radius 1 is 1.38 bits per heavy atom. The lowest BCUT2D eigenvalue weighted by Crippen LogP contribution is -2.26. The predicted molar refractivity (Wildman–Crippen MR) is 92.0 cm³/mol. The van der Waals surface area contributed by atoms with E-state index in [9.17, 15) is 24.2 Å². The number of aliphatic hydroxyl groups excluding tert-OH is 1. The van der Waals surface area contributed by atoms with Crippen LogP contribution in [0.1, 0.15) is 29.2 Å². The SMILES string of the molecule is NCC1CN(c2nc3c(cc2F)c(=O)c(C(=O)O)cn3C2CC2)CC1O. The van der Waals surface area contributed by atoms with E-state index in [2.05, 4.69) is 4.98 Å². The molecule has 0 radical (unpaired) electrons. The fourth-order valence-electron chi connectivity index (χ4n) is 3.50. The van der Waals surface area contributed by atoms with Crippen molar-refractivity contribution in [3.8, 4) is 0 Å². The van der Waals surface area contributed by atoms with Gasteiger partial charge in [-0.1, -0.05) is 0 Å². The van der Waals surface area contributed by atoms with Crippen LogP contribution in [0.15, 0.2) is 17.1 Å². The van der Waals surface area contributed by atoms with Crippen LogP contribution in [0.5, 0.6) is 0 Å². The van der Waals surface area contributed by atoms with Crippen molar-refractivity contribution >= 4 is 22.8 Å². The van der Waals surface area contributed by atoms with Gasteiger partial charge < -0.3 is 25.4 Å². The van der Waals surface area contributed by atoms with Gasteiger partial charge in [-0.25, -0.2) is 14.2 Å². The van der Waals surface area contributed by atoms with Gasteiger partial charge in [0, 0.05) is 31.2 Å². The highest BCUT2D eigenvalue weighted by molar-refractivity contribution is 5.92. The molecule has 0 aromatic carbocycles. The molecule has 2 aromatic heterocycles. The van der Waals surface area contributed by atoms with E-state index in [0.29, 0.717) is 6.54 Å². The molecule has 9 heteroatoms. The van der Waals surface area contributed by atoms with Crippen molar-refractivity contribution < 1.29 is 19.4 Å². The van der Waals surface area contributed by atoms with Gasteiger partial charge >= 0.3 is 5.97 Å². The number of rotatable bonds is 4. The fraction of sp³-hybridized carbons (Fsp3) is 0.471. The third-order valence-electron chi connectivity index (χ3n) is 5.12. The molecule has 3 heterocycles. The fourth-order valence-corrected chi connectivity index (χ4v) is 3.50. The number of hydrogen-bond acceptors (Lipinski definition) is 6. The molecule has 4 rings (SSSR count). The molecule has 2 atom stereocenters. The second-order valence-corrected chi connectivity index (χ2v) is 6.95. The molecule has 0 amide bonds. The molecule has 2 unspecified atom stereocenters. The second kappa shape index (κ2) is 6.03. The second-order valence-electron chi connectivity index (χ2n) is 6.95. The van der Waals surface area contributed by atoms with E-state index in [1.165, 1.54) is 6.20 Å². The summed E-state index contributed by atoms with van der Waals surface area (Å²) in [6.45, 7) is 0.855. The van der Waals surface area contributed by atoms with E-state index in [4.69, 9.17) is 5.73 Å². The zero-order valence-electron chi connectivity index (χ0n) is 13.9. The number of halogens is 1. The molecule has 2 aliphatic rings. The molecule has 138 valence electrons. The molecular weight excluding hydrogens is 343 g/mol. The maximum absolute atomic E-state index is 14.7. The average Bonchev–Trinajstić information content (AvgIpc) is 3.37. The van der Waals surface area contributed by atoms with Crippen LogP contribution < -0.4 is 16.1 Å². The van der Waals surface area contributed by atoms with Crippen LogP contribution in [-0.4, -0.2) is 51.5 Å². The molecule has 8 nitrogen and oxygen atoms in total. The lowest BCUT2D eigenvalue weighted by Gasteiger charge is -2.19. The number of carbonyl (C=O) groups is 1. The van der Waals surface area contributed by atoms with Crippen LogP contribution in [0, 0.1) is 11.7 Å². The first-order valence-electron chi connectivity index (χ1n) is 8.52. The van der Waals surface area contributed by atoms with Gasteiger partial charge in [0.2, 0.25) is 5.43 Å².